The number of aromatic nitrogens is 1. The van der Waals surface area contributed by atoms with Gasteiger partial charge in [-0.2, -0.15) is 13.2 Å². The molecule has 0 radical (unpaired) electrons. The fourth-order valence-corrected chi connectivity index (χ4v) is 3.53. The van der Waals surface area contributed by atoms with E-state index in [4.69, 9.17) is 4.42 Å². The van der Waals surface area contributed by atoms with Crippen molar-refractivity contribution in [2.45, 2.75) is 51.0 Å². The lowest BCUT2D eigenvalue weighted by Gasteiger charge is -2.20. The molecule has 2 fully saturated rings. The van der Waals surface area contributed by atoms with Crippen molar-refractivity contribution in [3.63, 3.8) is 0 Å². The van der Waals surface area contributed by atoms with Gasteiger partial charge in [-0.05, 0) is 43.4 Å². The van der Waals surface area contributed by atoms with Gasteiger partial charge in [0.2, 0.25) is 5.89 Å². The summed E-state index contributed by atoms with van der Waals surface area (Å²) < 4.78 is 43.7. The molecule has 0 atom stereocenters. The average molecular weight is 393 g/mol. The second-order valence-electron chi connectivity index (χ2n) is 7.46. The Hall–Kier alpha value is -2.35. The minimum Gasteiger partial charge on any atom is -0.447 e. The molecule has 1 aliphatic heterocycles. The smallest absolute Gasteiger partial charge is 0.416 e. The van der Waals surface area contributed by atoms with Gasteiger partial charge in [0.05, 0.1) is 12.1 Å². The lowest BCUT2D eigenvalue weighted by molar-refractivity contribution is -0.137. The molecular formula is C20H22F3N3O2. The van der Waals surface area contributed by atoms with E-state index >= 15 is 0 Å². The third-order valence-corrected chi connectivity index (χ3v) is 5.23. The van der Waals surface area contributed by atoms with Crippen molar-refractivity contribution in [3.05, 3.63) is 53.2 Å². The Labute approximate surface area is 161 Å². The molecule has 0 bridgehead atoms. The maximum atomic E-state index is 12.7. The summed E-state index contributed by atoms with van der Waals surface area (Å²) in [5, 5.41) is 0. The van der Waals surface area contributed by atoms with E-state index in [9.17, 15) is 18.0 Å². The van der Waals surface area contributed by atoms with Crippen LogP contribution in [0.1, 0.15) is 53.2 Å². The molecule has 1 saturated heterocycles. The van der Waals surface area contributed by atoms with Crippen LogP contribution < -0.4 is 0 Å². The van der Waals surface area contributed by atoms with Crippen molar-refractivity contribution in [3.8, 4) is 0 Å². The Bertz CT molecular complexity index is 822. The minimum absolute atomic E-state index is 0.104. The van der Waals surface area contributed by atoms with E-state index in [-0.39, 0.29) is 5.91 Å². The highest BCUT2D eigenvalue weighted by Crippen LogP contribution is 2.32. The lowest BCUT2D eigenvalue weighted by Crippen LogP contribution is -2.28. The standard InChI is InChI=1S/C20H22F3N3O2/c21-20(22,23)15-5-3-14(4-6-15)11-26(16-7-8-16)12-18-24-17(13-28-18)19(27)25-9-1-2-10-25/h3-6,13,16H,1-2,7-12H2. The van der Waals surface area contributed by atoms with Crippen molar-refractivity contribution in [2.75, 3.05) is 13.1 Å². The first-order valence-corrected chi connectivity index (χ1v) is 9.54. The van der Waals surface area contributed by atoms with Gasteiger partial charge < -0.3 is 9.32 Å². The molecule has 1 aromatic carbocycles. The summed E-state index contributed by atoms with van der Waals surface area (Å²) in [6.07, 6.45) is 1.18. The maximum Gasteiger partial charge on any atom is 0.416 e. The molecule has 1 amide bonds. The van der Waals surface area contributed by atoms with E-state index in [1.807, 2.05) is 0 Å². The monoisotopic (exact) mass is 393 g/mol. The SMILES string of the molecule is O=C(c1coc(CN(Cc2ccc(C(F)(F)F)cc2)C2CC2)n1)N1CCCC1. The largest absolute Gasteiger partial charge is 0.447 e. The van der Waals surface area contributed by atoms with Gasteiger partial charge in [0.25, 0.3) is 5.91 Å². The number of rotatable bonds is 6. The van der Waals surface area contributed by atoms with Gasteiger partial charge in [-0.15, -0.1) is 0 Å². The zero-order valence-electron chi connectivity index (χ0n) is 15.4. The molecule has 8 heteroatoms. The topological polar surface area (TPSA) is 49.6 Å². The van der Waals surface area contributed by atoms with Crippen molar-refractivity contribution in [1.82, 2.24) is 14.8 Å². The molecular weight excluding hydrogens is 371 g/mol. The summed E-state index contributed by atoms with van der Waals surface area (Å²) in [7, 11) is 0. The Morgan fingerprint density at radius 2 is 1.82 bits per heavy atom. The van der Waals surface area contributed by atoms with E-state index in [1.165, 1.54) is 18.4 Å². The second-order valence-corrected chi connectivity index (χ2v) is 7.46. The van der Waals surface area contributed by atoms with Crippen LogP contribution in [0.4, 0.5) is 13.2 Å². The number of carbonyl (C=O) groups excluding carboxylic acids is 1. The van der Waals surface area contributed by atoms with Crippen LogP contribution in [-0.2, 0) is 19.3 Å². The molecule has 2 aliphatic rings. The van der Waals surface area contributed by atoms with Crippen molar-refractivity contribution >= 4 is 5.91 Å². The number of alkyl halides is 3. The van der Waals surface area contributed by atoms with Gasteiger partial charge in [-0.3, -0.25) is 9.69 Å². The van der Waals surface area contributed by atoms with E-state index in [1.54, 1.807) is 4.90 Å². The molecule has 5 nitrogen and oxygen atoms in total. The maximum absolute atomic E-state index is 12.7. The van der Waals surface area contributed by atoms with Crippen LogP contribution in [0, 0.1) is 0 Å². The summed E-state index contributed by atoms with van der Waals surface area (Å²) in [6, 6.07) is 5.61. The first-order chi connectivity index (χ1) is 13.4. The minimum atomic E-state index is -4.33. The third kappa shape index (κ3) is 4.38. The van der Waals surface area contributed by atoms with Gasteiger partial charge in [-0.25, -0.2) is 4.98 Å². The van der Waals surface area contributed by atoms with Crippen LogP contribution in [0.15, 0.2) is 34.9 Å². The quantitative estimate of drug-likeness (QED) is 0.742. The molecule has 1 aliphatic carbocycles. The van der Waals surface area contributed by atoms with Gasteiger partial charge in [0.1, 0.15) is 6.26 Å². The number of oxazole rings is 1. The van der Waals surface area contributed by atoms with Crippen molar-refractivity contribution < 1.29 is 22.4 Å². The van der Waals surface area contributed by atoms with Crippen LogP contribution in [0.3, 0.4) is 0 Å². The summed E-state index contributed by atoms with van der Waals surface area (Å²) in [5.41, 5.74) is 0.481. The fourth-order valence-electron chi connectivity index (χ4n) is 3.53. The zero-order valence-corrected chi connectivity index (χ0v) is 15.4. The molecule has 1 saturated carbocycles. The van der Waals surface area contributed by atoms with Crippen molar-refractivity contribution in [2.24, 2.45) is 0 Å². The Balaban J connectivity index is 1.41. The lowest BCUT2D eigenvalue weighted by atomic mass is 10.1. The zero-order chi connectivity index (χ0) is 19.7. The molecule has 4 rings (SSSR count). The summed E-state index contributed by atoms with van der Waals surface area (Å²) >= 11 is 0. The number of hydrogen-bond acceptors (Lipinski definition) is 4. The first-order valence-electron chi connectivity index (χ1n) is 9.54. The number of carbonyl (C=O) groups is 1. The first kappa shape index (κ1) is 19.0. The molecule has 2 heterocycles. The highest BCUT2D eigenvalue weighted by atomic mass is 19.4. The number of halogens is 3. The predicted molar refractivity (Wildman–Crippen MR) is 95.4 cm³/mol. The van der Waals surface area contributed by atoms with Crippen LogP contribution in [0.5, 0.6) is 0 Å². The number of hydrogen-bond donors (Lipinski definition) is 0. The predicted octanol–water partition coefficient (Wildman–Crippen LogP) is 4.09. The number of amides is 1. The van der Waals surface area contributed by atoms with Crippen molar-refractivity contribution in [1.29, 1.82) is 0 Å². The van der Waals surface area contributed by atoms with E-state index in [0.29, 0.717) is 30.7 Å². The normalized spacial score (nSPS) is 17.5. The van der Waals surface area contributed by atoms with E-state index in [2.05, 4.69) is 9.88 Å². The van der Waals surface area contributed by atoms with Gasteiger partial charge in [0.15, 0.2) is 5.69 Å². The van der Waals surface area contributed by atoms with Crippen LogP contribution >= 0.6 is 0 Å². The Morgan fingerprint density at radius 1 is 1.14 bits per heavy atom. The molecule has 1 aromatic heterocycles. The van der Waals surface area contributed by atoms with E-state index < -0.39 is 11.7 Å². The third-order valence-electron chi connectivity index (χ3n) is 5.23. The van der Waals surface area contributed by atoms with Gasteiger partial charge >= 0.3 is 6.18 Å². The number of benzene rings is 1. The molecule has 0 N–H and O–H groups in total. The second kappa shape index (κ2) is 7.58. The Morgan fingerprint density at radius 3 is 2.43 bits per heavy atom. The average Bonchev–Trinajstić information content (AvgIpc) is 3.17. The molecule has 28 heavy (non-hydrogen) atoms. The fraction of sp³-hybridized carbons (Fsp3) is 0.500. The summed E-state index contributed by atoms with van der Waals surface area (Å²) in [5.74, 6) is 0.356. The molecule has 2 aromatic rings. The highest BCUT2D eigenvalue weighted by molar-refractivity contribution is 5.92. The van der Waals surface area contributed by atoms with Gasteiger partial charge in [-0.1, -0.05) is 12.1 Å². The van der Waals surface area contributed by atoms with E-state index in [0.717, 1.165) is 56.5 Å². The molecule has 0 unspecified atom stereocenters. The van der Waals surface area contributed by atoms with Crippen LogP contribution in [0.25, 0.3) is 0 Å². The Kier molecular flexibility index (Phi) is 5.14. The summed E-state index contributed by atoms with van der Waals surface area (Å²) in [6.45, 7) is 2.45. The highest BCUT2D eigenvalue weighted by Gasteiger charge is 2.32. The number of nitrogens with zero attached hydrogens (tertiary/aromatic N) is 3. The van der Waals surface area contributed by atoms with Gasteiger partial charge in [0, 0.05) is 25.7 Å². The molecule has 150 valence electrons. The van der Waals surface area contributed by atoms with Crippen LogP contribution in [-0.4, -0.2) is 39.8 Å². The van der Waals surface area contributed by atoms with Crippen LogP contribution in [0.2, 0.25) is 0 Å². The molecule has 0 spiro atoms. The summed E-state index contributed by atoms with van der Waals surface area (Å²) in [4.78, 5) is 20.7. The number of likely N-dealkylation sites (tertiary alicyclic amines) is 1.